The molecular weight excluding hydrogens is 240 g/mol. The van der Waals surface area contributed by atoms with Crippen LogP contribution in [0.4, 0.5) is 0 Å². The molecule has 1 rings (SSSR count). The Hall–Kier alpha value is -0.920. The summed E-state index contributed by atoms with van der Waals surface area (Å²) in [5, 5.41) is 7.25. The average Bonchev–Trinajstić information content (AvgIpc) is 2.71. The van der Waals surface area contributed by atoms with Gasteiger partial charge in [-0.05, 0) is 13.0 Å². The first-order valence-electron chi connectivity index (χ1n) is 5.59. The molecule has 0 radical (unpaired) electrons. The van der Waals surface area contributed by atoms with Gasteiger partial charge in [-0.3, -0.25) is 4.68 Å². The number of rotatable bonds is 7. The Morgan fingerprint density at radius 1 is 1.47 bits per heavy atom. The monoisotopic (exact) mass is 260 g/mol. The lowest BCUT2D eigenvalue weighted by molar-refractivity contribution is 0.516. The van der Waals surface area contributed by atoms with Crippen LogP contribution in [0.3, 0.4) is 0 Å². The summed E-state index contributed by atoms with van der Waals surface area (Å²) in [5.41, 5.74) is 1.06. The lowest BCUT2D eigenvalue weighted by atomic mass is 10.4. The van der Waals surface area contributed by atoms with Crippen LogP contribution in [0.25, 0.3) is 0 Å². The molecule has 1 aromatic rings. The van der Waals surface area contributed by atoms with Crippen LogP contribution in [0.15, 0.2) is 12.3 Å². The van der Waals surface area contributed by atoms with Crippen molar-refractivity contribution < 1.29 is 8.42 Å². The van der Waals surface area contributed by atoms with Crippen LogP contribution in [0.1, 0.15) is 12.6 Å². The minimum absolute atomic E-state index is 0.111. The second kappa shape index (κ2) is 6.13. The first kappa shape index (κ1) is 14.1. The summed E-state index contributed by atoms with van der Waals surface area (Å²) < 4.78 is 26.1. The van der Waals surface area contributed by atoms with Crippen molar-refractivity contribution in [3.8, 4) is 0 Å². The Labute approximate surface area is 103 Å². The van der Waals surface area contributed by atoms with Gasteiger partial charge in [0, 0.05) is 39.9 Å². The molecule has 98 valence electrons. The third-order valence-electron chi connectivity index (χ3n) is 2.50. The maximum Gasteiger partial charge on any atom is 0.214 e. The third kappa shape index (κ3) is 4.10. The smallest absolute Gasteiger partial charge is 0.214 e. The second-order valence-electron chi connectivity index (χ2n) is 3.91. The van der Waals surface area contributed by atoms with Gasteiger partial charge in [0.25, 0.3) is 0 Å². The predicted molar refractivity (Wildman–Crippen MR) is 67.1 cm³/mol. The molecule has 0 unspecified atom stereocenters. The van der Waals surface area contributed by atoms with E-state index in [0.29, 0.717) is 13.1 Å². The first-order chi connectivity index (χ1) is 7.97. The maximum absolute atomic E-state index is 11.5. The van der Waals surface area contributed by atoms with Gasteiger partial charge in [-0.2, -0.15) is 5.10 Å². The number of nitrogens with zero attached hydrogens (tertiary/aromatic N) is 3. The van der Waals surface area contributed by atoms with Crippen molar-refractivity contribution in [1.82, 2.24) is 19.4 Å². The van der Waals surface area contributed by atoms with Gasteiger partial charge in [-0.25, -0.2) is 12.7 Å². The lowest BCUT2D eigenvalue weighted by Gasteiger charge is -2.11. The minimum atomic E-state index is -3.11. The summed E-state index contributed by atoms with van der Waals surface area (Å²) in [6.07, 6.45) is 1.75. The maximum atomic E-state index is 11.5. The van der Waals surface area contributed by atoms with Crippen molar-refractivity contribution in [2.24, 2.45) is 0 Å². The summed E-state index contributed by atoms with van der Waals surface area (Å²) >= 11 is 0. The normalized spacial score (nSPS) is 12.2. The molecule has 0 aromatic carbocycles. The van der Waals surface area contributed by atoms with Gasteiger partial charge in [0.15, 0.2) is 0 Å². The number of aromatic nitrogens is 2. The molecular formula is C10H20N4O2S. The van der Waals surface area contributed by atoms with E-state index in [4.69, 9.17) is 0 Å². The molecule has 0 bridgehead atoms. The Morgan fingerprint density at radius 3 is 2.76 bits per heavy atom. The highest BCUT2D eigenvalue weighted by Gasteiger charge is 2.12. The van der Waals surface area contributed by atoms with E-state index in [1.54, 1.807) is 20.3 Å². The molecule has 0 aliphatic rings. The standard InChI is InChI=1S/C10H20N4O2S/c1-4-14-10(5-6-12-14)9-11-7-8-17(15,16)13(2)3/h5-6,11H,4,7-9H2,1-3H3. The van der Waals surface area contributed by atoms with Gasteiger partial charge < -0.3 is 5.32 Å². The SMILES string of the molecule is CCn1nccc1CNCCS(=O)(=O)N(C)C. The minimum Gasteiger partial charge on any atom is -0.310 e. The van der Waals surface area contributed by atoms with Crippen LogP contribution in [-0.2, 0) is 23.1 Å². The van der Waals surface area contributed by atoms with E-state index >= 15 is 0 Å². The summed E-state index contributed by atoms with van der Waals surface area (Å²) in [6.45, 7) is 3.92. The molecule has 0 atom stereocenters. The summed E-state index contributed by atoms with van der Waals surface area (Å²) in [4.78, 5) is 0. The predicted octanol–water partition coefficient (Wildman–Crippen LogP) is -0.116. The molecule has 0 fully saturated rings. The van der Waals surface area contributed by atoms with Crippen molar-refractivity contribution >= 4 is 10.0 Å². The molecule has 0 aliphatic carbocycles. The molecule has 1 N–H and O–H groups in total. The van der Waals surface area contributed by atoms with Crippen LogP contribution in [0.5, 0.6) is 0 Å². The van der Waals surface area contributed by atoms with E-state index in [0.717, 1.165) is 12.2 Å². The van der Waals surface area contributed by atoms with E-state index in [1.165, 1.54) is 4.31 Å². The van der Waals surface area contributed by atoms with Crippen molar-refractivity contribution in [2.75, 3.05) is 26.4 Å². The molecule has 6 nitrogen and oxygen atoms in total. The molecule has 1 aromatic heterocycles. The van der Waals surface area contributed by atoms with Crippen LogP contribution in [0, 0.1) is 0 Å². The fraction of sp³-hybridized carbons (Fsp3) is 0.700. The number of aryl methyl sites for hydroxylation is 1. The van der Waals surface area contributed by atoms with E-state index in [-0.39, 0.29) is 5.75 Å². The van der Waals surface area contributed by atoms with E-state index in [1.807, 2.05) is 17.7 Å². The Morgan fingerprint density at radius 2 is 2.18 bits per heavy atom. The summed E-state index contributed by atoms with van der Waals surface area (Å²) in [7, 11) is -0.0202. The number of nitrogens with one attached hydrogen (secondary N) is 1. The van der Waals surface area contributed by atoms with Crippen molar-refractivity contribution in [3.63, 3.8) is 0 Å². The van der Waals surface area contributed by atoms with Gasteiger partial charge in [0.05, 0.1) is 11.4 Å². The molecule has 0 saturated heterocycles. The van der Waals surface area contributed by atoms with Gasteiger partial charge >= 0.3 is 0 Å². The van der Waals surface area contributed by atoms with E-state index in [2.05, 4.69) is 10.4 Å². The topological polar surface area (TPSA) is 67.2 Å². The van der Waals surface area contributed by atoms with Gasteiger partial charge in [-0.1, -0.05) is 0 Å². The molecule has 0 saturated carbocycles. The highest BCUT2D eigenvalue weighted by molar-refractivity contribution is 7.89. The zero-order chi connectivity index (χ0) is 12.9. The highest BCUT2D eigenvalue weighted by atomic mass is 32.2. The lowest BCUT2D eigenvalue weighted by Crippen LogP contribution is -2.31. The van der Waals surface area contributed by atoms with Gasteiger partial charge in [0.1, 0.15) is 0 Å². The summed E-state index contributed by atoms with van der Waals surface area (Å²) in [5.74, 6) is 0.111. The number of sulfonamides is 1. The van der Waals surface area contributed by atoms with Crippen molar-refractivity contribution in [1.29, 1.82) is 0 Å². The summed E-state index contributed by atoms with van der Waals surface area (Å²) in [6, 6.07) is 1.93. The Bertz CT molecular complexity index is 439. The zero-order valence-electron chi connectivity index (χ0n) is 10.5. The fourth-order valence-corrected chi connectivity index (χ4v) is 2.16. The first-order valence-corrected chi connectivity index (χ1v) is 7.20. The number of hydrogen-bond acceptors (Lipinski definition) is 4. The van der Waals surface area contributed by atoms with Crippen molar-refractivity contribution in [3.05, 3.63) is 18.0 Å². The van der Waals surface area contributed by atoms with Crippen LogP contribution in [0.2, 0.25) is 0 Å². The van der Waals surface area contributed by atoms with Crippen molar-refractivity contribution in [2.45, 2.75) is 20.0 Å². The van der Waals surface area contributed by atoms with Crippen LogP contribution >= 0.6 is 0 Å². The second-order valence-corrected chi connectivity index (χ2v) is 6.22. The largest absolute Gasteiger partial charge is 0.310 e. The molecule has 17 heavy (non-hydrogen) atoms. The Balaban J connectivity index is 2.35. The van der Waals surface area contributed by atoms with Gasteiger partial charge in [0.2, 0.25) is 10.0 Å². The number of hydrogen-bond donors (Lipinski definition) is 1. The molecule has 0 amide bonds. The quantitative estimate of drug-likeness (QED) is 0.694. The third-order valence-corrected chi connectivity index (χ3v) is 4.34. The molecule has 0 aliphatic heterocycles. The highest BCUT2D eigenvalue weighted by Crippen LogP contribution is 1.98. The zero-order valence-corrected chi connectivity index (χ0v) is 11.4. The van der Waals surface area contributed by atoms with E-state index in [9.17, 15) is 8.42 Å². The molecule has 1 heterocycles. The molecule has 7 heteroatoms. The van der Waals surface area contributed by atoms with E-state index < -0.39 is 10.0 Å². The molecule has 0 spiro atoms. The van der Waals surface area contributed by atoms with Gasteiger partial charge in [-0.15, -0.1) is 0 Å². The van der Waals surface area contributed by atoms with Crippen LogP contribution < -0.4 is 5.32 Å². The average molecular weight is 260 g/mol. The van der Waals surface area contributed by atoms with Crippen LogP contribution in [-0.4, -0.2) is 48.9 Å². The Kier molecular flexibility index (Phi) is 5.10. The fourth-order valence-electron chi connectivity index (χ4n) is 1.40.